The van der Waals surface area contributed by atoms with E-state index in [2.05, 4.69) is 11.1 Å². The van der Waals surface area contributed by atoms with Crippen LogP contribution in [0.5, 0.6) is 0 Å². The number of hydrogen-bond donors (Lipinski definition) is 1. The summed E-state index contributed by atoms with van der Waals surface area (Å²) < 4.78 is 0. The summed E-state index contributed by atoms with van der Waals surface area (Å²) in [5, 5.41) is 2.36. The molecule has 2 aromatic rings. The van der Waals surface area contributed by atoms with Crippen molar-refractivity contribution in [2.45, 2.75) is 13.0 Å². The summed E-state index contributed by atoms with van der Waals surface area (Å²) >= 11 is 0. The van der Waals surface area contributed by atoms with Gasteiger partial charge >= 0.3 is 0 Å². The third-order valence-corrected chi connectivity index (χ3v) is 2.12. The number of pyridine rings is 1. The quantitative estimate of drug-likeness (QED) is 0.716. The molecule has 0 amide bonds. The highest BCUT2D eigenvalue weighted by Crippen LogP contribution is 2.15. The van der Waals surface area contributed by atoms with E-state index in [1.54, 1.807) is 0 Å². The number of rotatable bonds is 1. The summed E-state index contributed by atoms with van der Waals surface area (Å²) in [6, 6.07) is 10.2. The average molecular weight is 172 g/mol. The standard InChI is InChI=1S/C11H12N2/c1-8(12)11-6-9-4-2-3-5-10(9)7-13-11/h2-8H,12H2,1H3. The number of aromatic nitrogens is 1. The number of fused-ring (bicyclic) bond motifs is 1. The average Bonchev–Trinajstić information content (AvgIpc) is 2.17. The van der Waals surface area contributed by atoms with Gasteiger partial charge in [-0.05, 0) is 18.4 Å². The van der Waals surface area contributed by atoms with Gasteiger partial charge in [0.2, 0.25) is 0 Å². The fourth-order valence-electron chi connectivity index (χ4n) is 1.35. The van der Waals surface area contributed by atoms with Crippen LogP contribution in [0.15, 0.2) is 36.5 Å². The molecule has 1 aromatic heterocycles. The van der Waals surface area contributed by atoms with Gasteiger partial charge in [0, 0.05) is 17.6 Å². The highest BCUT2D eigenvalue weighted by atomic mass is 14.8. The third kappa shape index (κ3) is 1.53. The molecule has 0 saturated carbocycles. The molecule has 1 heterocycles. The van der Waals surface area contributed by atoms with E-state index in [1.165, 1.54) is 5.39 Å². The summed E-state index contributed by atoms with van der Waals surface area (Å²) in [7, 11) is 0. The van der Waals surface area contributed by atoms with Gasteiger partial charge in [-0.15, -0.1) is 0 Å². The molecule has 0 aliphatic heterocycles. The van der Waals surface area contributed by atoms with E-state index in [-0.39, 0.29) is 6.04 Å². The fourth-order valence-corrected chi connectivity index (χ4v) is 1.35. The molecule has 0 spiro atoms. The van der Waals surface area contributed by atoms with Crippen molar-refractivity contribution < 1.29 is 0 Å². The molecule has 1 unspecified atom stereocenters. The van der Waals surface area contributed by atoms with Crippen LogP contribution >= 0.6 is 0 Å². The molecule has 0 radical (unpaired) electrons. The normalized spacial score (nSPS) is 13.1. The fraction of sp³-hybridized carbons (Fsp3) is 0.182. The Bertz CT molecular complexity index is 421. The molecule has 0 aliphatic rings. The minimum absolute atomic E-state index is 0.00426. The van der Waals surface area contributed by atoms with Crippen LogP contribution in [0.25, 0.3) is 10.8 Å². The lowest BCUT2D eigenvalue weighted by Crippen LogP contribution is -2.06. The highest BCUT2D eigenvalue weighted by molar-refractivity contribution is 5.81. The molecule has 66 valence electrons. The van der Waals surface area contributed by atoms with Crippen molar-refractivity contribution >= 4 is 10.8 Å². The van der Waals surface area contributed by atoms with E-state index < -0.39 is 0 Å². The first-order valence-corrected chi connectivity index (χ1v) is 4.37. The zero-order chi connectivity index (χ0) is 9.26. The molecule has 1 atom stereocenters. The van der Waals surface area contributed by atoms with Crippen molar-refractivity contribution in [3.8, 4) is 0 Å². The lowest BCUT2D eigenvalue weighted by molar-refractivity contribution is 0.784. The maximum atomic E-state index is 5.74. The summed E-state index contributed by atoms with van der Waals surface area (Å²) in [4.78, 5) is 4.28. The summed E-state index contributed by atoms with van der Waals surface area (Å²) in [5.41, 5.74) is 6.69. The van der Waals surface area contributed by atoms with Crippen LogP contribution in [0, 0.1) is 0 Å². The zero-order valence-electron chi connectivity index (χ0n) is 7.57. The van der Waals surface area contributed by atoms with Crippen LogP contribution in [0.3, 0.4) is 0 Å². The molecule has 2 heteroatoms. The second-order valence-corrected chi connectivity index (χ2v) is 3.24. The van der Waals surface area contributed by atoms with Crippen LogP contribution in [-0.2, 0) is 0 Å². The van der Waals surface area contributed by atoms with Gasteiger partial charge in [-0.1, -0.05) is 24.3 Å². The lowest BCUT2D eigenvalue weighted by atomic mass is 10.1. The van der Waals surface area contributed by atoms with Crippen molar-refractivity contribution in [1.82, 2.24) is 4.98 Å². The second kappa shape index (κ2) is 3.15. The van der Waals surface area contributed by atoms with E-state index in [9.17, 15) is 0 Å². The molecule has 1 aromatic carbocycles. The van der Waals surface area contributed by atoms with E-state index >= 15 is 0 Å². The lowest BCUT2D eigenvalue weighted by Gasteiger charge is -2.05. The molecular weight excluding hydrogens is 160 g/mol. The van der Waals surface area contributed by atoms with Crippen molar-refractivity contribution in [1.29, 1.82) is 0 Å². The van der Waals surface area contributed by atoms with Gasteiger partial charge in [-0.25, -0.2) is 0 Å². The van der Waals surface area contributed by atoms with Gasteiger partial charge in [0.15, 0.2) is 0 Å². The Labute approximate surface area is 77.4 Å². The second-order valence-electron chi connectivity index (χ2n) is 3.24. The van der Waals surface area contributed by atoms with Crippen LogP contribution in [0.4, 0.5) is 0 Å². The summed E-state index contributed by atoms with van der Waals surface area (Å²) in [6.07, 6.45) is 1.87. The maximum Gasteiger partial charge on any atom is 0.0574 e. The van der Waals surface area contributed by atoms with E-state index in [0.29, 0.717) is 0 Å². The van der Waals surface area contributed by atoms with Crippen LogP contribution in [-0.4, -0.2) is 4.98 Å². The number of nitrogens with zero attached hydrogens (tertiary/aromatic N) is 1. The molecule has 0 bridgehead atoms. The van der Waals surface area contributed by atoms with Crippen molar-refractivity contribution in [2.24, 2.45) is 5.73 Å². The summed E-state index contributed by atoms with van der Waals surface area (Å²) in [5.74, 6) is 0. The van der Waals surface area contributed by atoms with Crippen LogP contribution in [0.2, 0.25) is 0 Å². The van der Waals surface area contributed by atoms with Gasteiger partial charge in [-0.3, -0.25) is 4.98 Å². The Morgan fingerprint density at radius 1 is 1.23 bits per heavy atom. The van der Waals surface area contributed by atoms with Crippen molar-refractivity contribution in [2.75, 3.05) is 0 Å². The Morgan fingerprint density at radius 2 is 1.92 bits per heavy atom. The Kier molecular flexibility index (Phi) is 1.99. The van der Waals surface area contributed by atoms with Crippen molar-refractivity contribution in [3.05, 3.63) is 42.2 Å². The van der Waals surface area contributed by atoms with E-state index in [4.69, 9.17) is 5.73 Å². The van der Waals surface area contributed by atoms with Gasteiger partial charge in [0.25, 0.3) is 0 Å². The van der Waals surface area contributed by atoms with Gasteiger partial charge < -0.3 is 5.73 Å². The smallest absolute Gasteiger partial charge is 0.0574 e. The summed E-state index contributed by atoms with van der Waals surface area (Å²) in [6.45, 7) is 1.94. The third-order valence-electron chi connectivity index (χ3n) is 2.12. The molecule has 0 aliphatic carbocycles. The highest BCUT2D eigenvalue weighted by Gasteiger charge is 2.01. The Hall–Kier alpha value is -1.41. The SMILES string of the molecule is CC(N)c1cc2ccccc2cn1. The molecule has 2 N–H and O–H groups in total. The predicted octanol–water partition coefficient (Wildman–Crippen LogP) is 2.25. The van der Waals surface area contributed by atoms with Gasteiger partial charge in [-0.2, -0.15) is 0 Å². The van der Waals surface area contributed by atoms with Crippen LogP contribution in [0.1, 0.15) is 18.7 Å². The number of nitrogens with two attached hydrogens (primary N) is 1. The van der Waals surface area contributed by atoms with Gasteiger partial charge in [0.05, 0.1) is 5.69 Å². The monoisotopic (exact) mass is 172 g/mol. The minimum Gasteiger partial charge on any atom is -0.323 e. The topological polar surface area (TPSA) is 38.9 Å². The van der Waals surface area contributed by atoms with E-state index in [1.807, 2.05) is 37.4 Å². The molecule has 0 saturated heterocycles. The van der Waals surface area contributed by atoms with E-state index in [0.717, 1.165) is 11.1 Å². The molecule has 2 nitrogen and oxygen atoms in total. The molecule has 13 heavy (non-hydrogen) atoms. The first-order chi connectivity index (χ1) is 6.27. The molecule has 0 fully saturated rings. The number of hydrogen-bond acceptors (Lipinski definition) is 2. The van der Waals surface area contributed by atoms with Crippen molar-refractivity contribution in [3.63, 3.8) is 0 Å². The number of benzene rings is 1. The zero-order valence-corrected chi connectivity index (χ0v) is 7.57. The maximum absolute atomic E-state index is 5.74. The molecular formula is C11H12N2. The predicted molar refractivity (Wildman–Crippen MR) is 54.3 cm³/mol. The largest absolute Gasteiger partial charge is 0.323 e. The minimum atomic E-state index is 0.00426. The first kappa shape index (κ1) is 8.20. The molecule has 2 rings (SSSR count). The van der Waals surface area contributed by atoms with Gasteiger partial charge in [0.1, 0.15) is 0 Å². The Morgan fingerprint density at radius 3 is 2.62 bits per heavy atom. The first-order valence-electron chi connectivity index (χ1n) is 4.37. The van der Waals surface area contributed by atoms with Crippen LogP contribution < -0.4 is 5.73 Å². The Balaban J connectivity index is 2.62.